The van der Waals surface area contributed by atoms with E-state index in [-0.39, 0.29) is 25.7 Å². The Morgan fingerprint density at radius 2 is 0.430 bits per heavy atom. The molecule has 0 spiro atoms. The molecule has 107 heavy (non-hydrogen) atoms. The first-order valence-corrected chi connectivity index (χ1v) is 48.6. The van der Waals surface area contributed by atoms with Crippen LogP contribution in [-0.4, -0.2) is 96.7 Å². The van der Waals surface area contributed by atoms with Crippen LogP contribution in [0.2, 0.25) is 0 Å². The molecule has 0 radical (unpaired) electrons. The number of rotatable bonds is 88. The van der Waals surface area contributed by atoms with E-state index in [0.717, 1.165) is 95.8 Å². The highest BCUT2D eigenvalue weighted by Gasteiger charge is 2.30. The van der Waals surface area contributed by atoms with Crippen LogP contribution < -0.4 is 0 Å². The summed E-state index contributed by atoms with van der Waals surface area (Å²) in [4.78, 5) is 73.3. The number of ether oxygens (including phenoxy) is 4. The summed E-state index contributed by atoms with van der Waals surface area (Å²) in [5.74, 6) is -1.34. The molecule has 17 nitrogen and oxygen atoms in total. The summed E-state index contributed by atoms with van der Waals surface area (Å²) < 4.78 is 69.0. The number of aliphatic hydroxyl groups excluding tert-OH is 1. The van der Waals surface area contributed by atoms with Gasteiger partial charge in [-0.1, -0.05) is 426 Å². The molecule has 0 saturated carbocycles. The van der Waals surface area contributed by atoms with Crippen LogP contribution in [0.3, 0.4) is 0 Å². The zero-order chi connectivity index (χ0) is 78.3. The van der Waals surface area contributed by atoms with E-state index in [0.29, 0.717) is 25.7 Å². The van der Waals surface area contributed by atoms with Gasteiger partial charge < -0.3 is 33.8 Å². The van der Waals surface area contributed by atoms with Crippen molar-refractivity contribution in [3.05, 3.63) is 0 Å². The van der Waals surface area contributed by atoms with E-state index in [1.165, 1.54) is 302 Å². The molecule has 0 fully saturated rings. The topological polar surface area (TPSA) is 237 Å². The smallest absolute Gasteiger partial charge is 0.462 e. The van der Waals surface area contributed by atoms with Crippen molar-refractivity contribution in [3.63, 3.8) is 0 Å². The summed E-state index contributed by atoms with van der Waals surface area (Å²) in [6.07, 6.45) is 75.0. The van der Waals surface area contributed by atoms with Crippen LogP contribution in [0.25, 0.3) is 0 Å². The SMILES string of the molecule is CCCCCCCCCCCCCCCCCCCCCCC(=O)OC[C@H](COP(=O)(O)OC[C@@H](O)COP(=O)(O)OC[C@@H](COC(=O)CCCCCCCCCCCCC(C)C)OC(=O)CCCCCCCCCCCCCCCC)OC(=O)CCCCCCCCCCCCCCCCCCCCCC. The molecule has 0 aromatic rings. The molecule has 0 aromatic heterocycles. The fourth-order valence-electron chi connectivity index (χ4n) is 13.8. The van der Waals surface area contributed by atoms with Gasteiger partial charge in [0, 0.05) is 25.7 Å². The summed E-state index contributed by atoms with van der Waals surface area (Å²) in [6.45, 7) is 7.37. The lowest BCUT2D eigenvalue weighted by atomic mass is 10.0. The number of esters is 4. The van der Waals surface area contributed by atoms with Crippen molar-refractivity contribution in [2.24, 2.45) is 5.92 Å². The van der Waals surface area contributed by atoms with Gasteiger partial charge in [-0.2, -0.15) is 0 Å². The lowest BCUT2D eigenvalue weighted by Crippen LogP contribution is -2.30. The zero-order valence-electron chi connectivity index (χ0n) is 70.3. The monoisotopic (exact) mass is 1560 g/mol. The Morgan fingerprint density at radius 1 is 0.252 bits per heavy atom. The predicted octanol–water partition coefficient (Wildman–Crippen LogP) is 27.2. The molecule has 0 amide bonds. The second-order valence-electron chi connectivity index (χ2n) is 32.1. The summed E-state index contributed by atoms with van der Waals surface area (Å²) in [5.41, 5.74) is 0. The Hall–Kier alpha value is -1.94. The zero-order valence-corrected chi connectivity index (χ0v) is 72.1. The normalized spacial score (nSPS) is 13.7. The molecule has 0 saturated heterocycles. The molecule has 2 unspecified atom stereocenters. The quantitative estimate of drug-likeness (QED) is 0.0222. The Morgan fingerprint density at radius 3 is 0.636 bits per heavy atom. The number of carbonyl (C=O) groups is 4. The van der Waals surface area contributed by atoms with Crippen molar-refractivity contribution in [1.82, 2.24) is 0 Å². The van der Waals surface area contributed by atoms with Gasteiger partial charge in [0.15, 0.2) is 12.2 Å². The largest absolute Gasteiger partial charge is 0.472 e. The minimum atomic E-state index is -4.97. The molecule has 636 valence electrons. The van der Waals surface area contributed by atoms with Crippen molar-refractivity contribution in [3.8, 4) is 0 Å². The van der Waals surface area contributed by atoms with Crippen LogP contribution in [0.4, 0.5) is 0 Å². The molecule has 19 heteroatoms. The van der Waals surface area contributed by atoms with Crippen LogP contribution in [0, 0.1) is 5.92 Å². The van der Waals surface area contributed by atoms with Gasteiger partial charge >= 0.3 is 39.5 Å². The first-order valence-electron chi connectivity index (χ1n) is 45.6. The average molecular weight is 1560 g/mol. The Balaban J connectivity index is 5.24. The van der Waals surface area contributed by atoms with Crippen LogP contribution >= 0.6 is 15.6 Å². The summed E-state index contributed by atoms with van der Waals surface area (Å²) in [5, 5.41) is 10.7. The number of hydrogen-bond donors (Lipinski definition) is 3. The summed E-state index contributed by atoms with van der Waals surface area (Å²) in [7, 11) is -9.93. The van der Waals surface area contributed by atoms with Gasteiger partial charge in [0.1, 0.15) is 19.3 Å². The second kappa shape index (κ2) is 80.7. The summed E-state index contributed by atoms with van der Waals surface area (Å²) in [6, 6.07) is 0. The van der Waals surface area contributed by atoms with E-state index in [4.69, 9.17) is 37.0 Å². The van der Waals surface area contributed by atoms with Gasteiger partial charge in [-0.3, -0.25) is 37.3 Å². The van der Waals surface area contributed by atoms with Crippen molar-refractivity contribution in [2.75, 3.05) is 39.6 Å². The highest BCUT2D eigenvalue weighted by molar-refractivity contribution is 7.47. The molecule has 3 N–H and O–H groups in total. The maximum Gasteiger partial charge on any atom is 0.472 e. The fourth-order valence-corrected chi connectivity index (χ4v) is 15.4. The number of phosphoric ester groups is 2. The predicted molar refractivity (Wildman–Crippen MR) is 442 cm³/mol. The molecule has 0 aliphatic heterocycles. The Labute approximate surface area is 658 Å². The molecular formula is C88H172O17P2. The van der Waals surface area contributed by atoms with Gasteiger partial charge in [-0.15, -0.1) is 0 Å². The van der Waals surface area contributed by atoms with Crippen LogP contribution in [0.1, 0.15) is 478 Å². The average Bonchev–Trinajstić information content (AvgIpc) is 0.902. The Kier molecular flexibility index (Phi) is 79.2. The maximum atomic E-state index is 13.2. The molecule has 0 heterocycles. The van der Waals surface area contributed by atoms with Crippen molar-refractivity contribution in [2.45, 2.75) is 496 Å². The van der Waals surface area contributed by atoms with E-state index in [1.807, 2.05) is 0 Å². The number of hydrogen-bond acceptors (Lipinski definition) is 15. The molecule has 0 aromatic carbocycles. The molecule has 0 bridgehead atoms. The third-order valence-corrected chi connectivity index (χ3v) is 22.7. The van der Waals surface area contributed by atoms with Crippen LogP contribution in [0.15, 0.2) is 0 Å². The lowest BCUT2D eigenvalue weighted by molar-refractivity contribution is -0.161. The highest BCUT2D eigenvalue weighted by atomic mass is 31.2. The first kappa shape index (κ1) is 105. The maximum absolute atomic E-state index is 13.2. The first-order chi connectivity index (χ1) is 52.0. The van der Waals surface area contributed by atoms with Gasteiger partial charge in [0.2, 0.25) is 0 Å². The molecular weight excluding hydrogens is 1390 g/mol. The number of aliphatic hydroxyl groups is 1. The number of unbranched alkanes of at least 4 members (excludes halogenated alkanes) is 60. The third kappa shape index (κ3) is 81.9. The van der Waals surface area contributed by atoms with Gasteiger partial charge in [0.25, 0.3) is 0 Å². The molecule has 0 rings (SSSR count). The van der Waals surface area contributed by atoms with Crippen molar-refractivity contribution < 1.29 is 80.2 Å². The van der Waals surface area contributed by atoms with Gasteiger partial charge in [0.05, 0.1) is 26.4 Å². The van der Waals surface area contributed by atoms with E-state index >= 15 is 0 Å². The molecule has 5 atom stereocenters. The van der Waals surface area contributed by atoms with Crippen molar-refractivity contribution >= 4 is 39.5 Å². The lowest BCUT2D eigenvalue weighted by Gasteiger charge is -2.21. The molecule has 0 aliphatic rings. The highest BCUT2D eigenvalue weighted by Crippen LogP contribution is 2.45. The van der Waals surface area contributed by atoms with Gasteiger partial charge in [-0.25, -0.2) is 9.13 Å². The number of phosphoric acid groups is 2. The van der Waals surface area contributed by atoms with E-state index in [9.17, 15) is 43.2 Å². The third-order valence-electron chi connectivity index (χ3n) is 20.8. The Bertz CT molecular complexity index is 2030. The standard InChI is InChI=1S/C88H172O17P2/c1-6-9-12-15-18-21-24-27-30-32-34-36-38-40-43-45-51-56-61-66-71-85(90)98-77-83(104-88(93)74-69-64-59-54-47-44-41-39-37-35-33-31-28-25-22-19-16-13-10-7-2)79-102-106(94,95)100-75-82(89)76-101-107(96,97)103-80-84(78-99-86(91)72-67-62-57-52-49-48-50-55-60-65-70-81(4)5)105-87(92)73-68-63-58-53-46-42-29-26-23-20-17-14-11-8-3/h81-84,89H,6-80H2,1-5H3,(H,94,95)(H,96,97)/t82-,83-,84-/m1/s1. The number of carbonyl (C=O) groups excluding carboxylic acids is 4. The second-order valence-corrected chi connectivity index (χ2v) is 35.0. The molecule has 0 aliphatic carbocycles. The fraction of sp³-hybridized carbons (Fsp3) is 0.955. The van der Waals surface area contributed by atoms with Crippen LogP contribution in [-0.2, 0) is 65.4 Å². The van der Waals surface area contributed by atoms with E-state index in [2.05, 4.69) is 34.6 Å². The minimum Gasteiger partial charge on any atom is -0.462 e. The minimum absolute atomic E-state index is 0.108. The van der Waals surface area contributed by atoms with Crippen LogP contribution in [0.5, 0.6) is 0 Å². The van der Waals surface area contributed by atoms with Crippen molar-refractivity contribution in [1.29, 1.82) is 0 Å². The van der Waals surface area contributed by atoms with E-state index in [1.54, 1.807) is 0 Å². The van der Waals surface area contributed by atoms with Gasteiger partial charge in [-0.05, 0) is 31.6 Å². The summed E-state index contributed by atoms with van der Waals surface area (Å²) >= 11 is 0. The van der Waals surface area contributed by atoms with E-state index < -0.39 is 97.5 Å².